The van der Waals surface area contributed by atoms with E-state index in [0.29, 0.717) is 16.3 Å². The van der Waals surface area contributed by atoms with Gasteiger partial charge in [-0.05, 0) is 30.3 Å². The van der Waals surface area contributed by atoms with Crippen molar-refractivity contribution >= 4 is 54.8 Å². The van der Waals surface area contributed by atoms with E-state index in [2.05, 4.69) is 26.2 Å². The monoisotopic (exact) mass is 347 g/mol. The van der Waals surface area contributed by atoms with Crippen molar-refractivity contribution in [2.45, 2.75) is 0 Å². The standard InChI is InChI=1S/C14H10BrN3OS/c15-8-3-1-4-9(7-8)18-13(19)12-11(16)10-5-2-6-17-14(10)20-12/h1-7H,16H2,(H,18,19). The molecule has 0 fully saturated rings. The van der Waals surface area contributed by atoms with E-state index >= 15 is 0 Å². The Balaban J connectivity index is 1.95. The molecule has 0 saturated carbocycles. The molecule has 0 saturated heterocycles. The number of nitrogens with zero attached hydrogens (tertiary/aromatic N) is 1. The average Bonchev–Trinajstić information content (AvgIpc) is 2.77. The fourth-order valence-corrected chi connectivity index (χ4v) is 3.23. The molecule has 3 rings (SSSR count). The smallest absolute Gasteiger partial charge is 0.267 e. The quantitative estimate of drug-likeness (QED) is 0.738. The van der Waals surface area contributed by atoms with Crippen LogP contribution in [0.5, 0.6) is 0 Å². The molecular weight excluding hydrogens is 338 g/mol. The van der Waals surface area contributed by atoms with Crippen LogP contribution in [0.25, 0.3) is 10.2 Å². The van der Waals surface area contributed by atoms with E-state index in [9.17, 15) is 4.79 Å². The minimum atomic E-state index is -0.219. The molecule has 0 radical (unpaired) electrons. The summed E-state index contributed by atoms with van der Waals surface area (Å²) in [6, 6.07) is 11.1. The molecule has 1 aromatic carbocycles. The van der Waals surface area contributed by atoms with Crippen molar-refractivity contribution < 1.29 is 4.79 Å². The fraction of sp³-hybridized carbons (Fsp3) is 0. The van der Waals surface area contributed by atoms with Gasteiger partial charge in [0.2, 0.25) is 0 Å². The molecule has 3 aromatic rings. The van der Waals surface area contributed by atoms with E-state index in [1.54, 1.807) is 12.3 Å². The first-order valence-electron chi connectivity index (χ1n) is 5.85. The third-order valence-electron chi connectivity index (χ3n) is 2.79. The normalized spacial score (nSPS) is 10.7. The molecule has 0 bridgehead atoms. The number of nitrogen functional groups attached to an aromatic ring is 1. The summed E-state index contributed by atoms with van der Waals surface area (Å²) >= 11 is 4.66. The molecule has 20 heavy (non-hydrogen) atoms. The lowest BCUT2D eigenvalue weighted by molar-refractivity contribution is 0.103. The van der Waals surface area contributed by atoms with Crippen molar-refractivity contribution in [3.63, 3.8) is 0 Å². The summed E-state index contributed by atoms with van der Waals surface area (Å²) in [6.45, 7) is 0. The first-order chi connectivity index (χ1) is 9.65. The lowest BCUT2D eigenvalue weighted by atomic mass is 10.2. The molecule has 2 aromatic heterocycles. The minimum Gasteiger partial charge on any atom is -0.397 e. The van der Waals surface area contributed by atoms with E-state index in [4.69, 9.17) is 5.73 Å². The highest BCUT2D eigenvalue weighted by atomic mass is 79.9. The van der Waals surface area contributed by atoms with E-state index in [-0.39, 0.29) is 5.91 Å². The van der Waals surface area contributed by atoms with Gasteiger partial charge in [0.05, 0.1) is 5.69 Å². The molecular formula is C14H10BrN3OS. The largest absolute Gasteiger partial charge is 0.397 e. The Kier molecular flexibility index (Phi) is 3.42. The molecule has 0 aliphatic carbocycles. The zero-order valence-corrected chi connectivity index (χ0v) is 12.7. The van der Waals surface area contributed by atoms with Crippen molar-refractivity contribution in [1.82, 2.24) is 4.98 Å². The Morgan fingerprint density at radius 1 is 1.30 bits per heavy atom. The number of rotatable bonds is 2. The van der Waals surface area contributed by atoms with Gasteiger partial charge in [-0.1, -0.05) is 22.0 Å². The summed E-state index contributed by atoms with van der Waals surface area (Å²) in [7, 11) is 0. The summed E-state index contributed by atoms with van der Waals surface area (Å²) in [5, 5.41) is 3.65. The van der Waals surface area contributed by atoms with Crippen molar-refractivity contribution in [3.05, 3.63) is 51.9 Å². The lowest BCUT2D eigenvalue weighted by Crippen LogP contribution is -2.11. The SMILES string of the molecule is Nc1c(C(=O)Nc2cccc(Br)c2)sc2ncccc12. The molecule has 0 spiro atoms. The number of hydrogen-bond acceptors (Lipinski definition) is 4. The van der Waals surface area contributed by atoms with Gasteiger partial charge in [0.25, 0.3) is 5.91 Å². The van der Waals surface area contributed by atoms with Gasteiger partial charge in [-0.15, -0.1) is 11.3 Å². The Hall–Kier alpha value is -1.92. The van der Waals surface area contributed by atoms with Gasteiger partial charge < -0.3 is 11.1 Å². The number of carbonyl (C=O) groups excluding carboxylic acids is 1. The number of hydrogen-bond donors (Lipinski definition) is 2. The molecule has 4 nitrogen and oxygen atoms in total. The molecule has 100 valence electrons. The minimum absolute atomic E-state index is 0.219. The predicted octanol–water partition coefficient (Wildman–Crippen LogP) is 3.89. The second-order valence-corrected chi connectivity index (χ2v) is 6.08. The van der Waals surface area contributed by atoms with Gasteiger partial charge in [0.1, 0.15) is 9.71 Å². The Labute approximate surface area is 127 Å². The van der Waals surface area contributed by atoms with Crippen LogP contribution in [0.2, 0.25) is 0 Å². The molecule has 0 unspecified atom stereocenters. The fourth-order valence-electron chi connectivity index (χ4n) is 1.87. The average molecular weight is 348 g/mol. The van der Waals surface area contributed by atoms with Crippen LogP contribution in [0, 0.1) is 0 Å². The summed E-state index contributed by atoms with van der Waals surface area (Å²) in [4.78, 5) is 17.8. The summed E-state index contributed by atoms with van der Waals surface area (Å²) in [5.41, 5.74) is 7.22. The number of fused-ring (bicyclic) bond motifs is 1. The number of anilines is 2. The maximum Gasteiger partial charge on any atom is 0.267 e. The molecule has 1 amide bonds. The van der Waals surface area contributed by atoms with Gasteiger partial charge in [0.15, 0.2) is 0 Å². The van der Waals surface area contributed by atoms with E-state index < -0.39 is 0 Å². The van der Waals surface area contributed by atoms with Crippen LogP contribution in [0.3, 0.4) is 0 Å². The molecule has 0 atom stereocenters. The summed E-state index contributed by atoms with van der Waals surface area (Å²) in [5.74, 6) is -0.219. The van der Waals surface area contributed by atoms with Crippen LogP contribution < -0.4 is 11.1 Å². The van der Waals surface area contributed by atoms with Gasteiger partial charge in [-0.25, -0.2) is 4.98 Å². The van der Waals surface area contributed by atoms with Gasteiger partial charge in [0, 0.05) is 21.7 Å². The lowest BCUT2D eigenvalue weighted by Gasteiger charge is -2.04. The molecule has 2 heterocycles. The van der Waals surface area contributed by atoms with E-state index in [0.717, 1.165) is 14.7 Å². The zero-order valence-electron chi connectivity index (χ0n) is 10.3. The molecule has 0 aliphatic heterocycles. The number of benzene rings is 1. The van der Waals surface area contributed by atoms with Gasteiger partial charge in [-0.3, -0.25) is 4.79 Å². The number of thiophene rings is 1. The van der Waals surface area contributed by atoms with Gasteiger partial charge >= 0.3 is 0 Å². The van der Waals surface area contributed by atoms with Crippen molar-refractivity contribution in [2.75, 3.05) is 11.1 Å². The number of aromatic nitrogens is 1. The van der Waals surface area contributed by atoms with Crippen molar-refractivity contribution in [1.29, 1.82) is 0 Å². The molecule has 3 N–H and O–H groups in total. The van der Waals surface area contributed by atoms with Crippen LogP contribution in [0.4, 0.5) is 11.4 Å². The predicted molar refractivity (Wildman–Crippen MR) is 86.1 cm³/mol. The number of nitrogens with one attached hydrogen (secondary N) is 1. The third-order valence-corrected chi connectivity index (χ3v) is 4.41. The zero-order chi connectivity index (χ0) is 14.1. The number of carbonyl (C=O) groups is 1. The van der Waals surface area contributed by atoms with Crippen LogP contribution in [0.1, 0.15) is 9.67 Å². The topological polar surface area (TPSA) is 68.0 Å². The number of nitrogens with two attached hydrogens (primary N) is 1. The Morgan fingerprint density at radius 2 is 2.15 bits per heavy atom. The van der Waals surface area contributed by atoms with Crippen LogP contribution >= 0.6 is 27.3 Å². The van der Waals surface area contributed by atoms with Crippen LogP contribution in [0.15, 0.2) is 47.1 Å². The van der Waals surface area contributed by atoms with E-state index in [1.807, 2.05) is 30.3 Å². The number of pyridine rings is 1. The van der Waals surface area contributed by atoms with Crippen LogP contribution in [-0.2, 0) is 0 Å². The first-order valence-corrected chi connectivity index (χ1v) is 7.46. The van der Waals surface area contributed by atoms with Gasteiger partial charge in [-0.2, -0.15) is 0 Å². The highest BCUT2D eigenvalue weighted by Crippen LogP contribution is 2.32. The third kappa shape index (κ3) is 2.39. The Bertz CT molecular complexity index is 800. The second-order valence-electron chi connectivity index (χ2n) is 4.17. The second kappa shape index (κ2) is 5.22. The number of halogens is 1. The van der Waals surface area contributed by atoms with E-state index in [1.165, 1.54) is 11.3 Å². The van der Waals surface area contributed by atoms with Crippen molar-refractivity contribution in [3.8, 4) is 0 Å². The maximum absolute atomic E-state index is 12.3. The van der Waals surface area contributed by atoms with Crippen LogP contribution in [-0.4, -0.2) is 10.9 Å². The summed E-state index contributed by atoms with van der Waals surface area (Å²) < 4.78 is 0.904. The highest BCUT2D eigenvalue weighted by Gasteiger charge is 2.16. The molecule has 0 aliphatic rings. The highest BCUT2D eigenvalue weighted by molar-refractivity contribution is 9.10. The first kappa shape index (κ1) is 13.1. The summed E-state index contributed by atoms with van der Waals surface area (Å²) in [6.07, 6.45) is 1.69. The van der Waals surface area contributed by atoms with Crippen molar-refractivity contribution in [2.24, 2.45) is 0 Å². The number of amides is 1. The Morgan fingerprint density at radius 3 is 2.90 bits per heavy atom. The molecule has 6 heteroatoms. The maximum atomic E-state index is 12.3.